The summed E-state index contributed by atoms with van der Waals surface area (Å²) in [6.45, 7) is 4.79. The van der Waals surface area contributed by atoms with Crippen molar-refractivity contribution in [2.45, 2.75) is 26.4 Å². The fraction of sp³-hybridized carbons (Fsp3) is 0.312. The van der Waals surface area contributed by atoms with Gasteiger partial charge in [0.2, 0.25) is 0 Å². The first-order valence-corrected chi connectivity index (χ1v) is 7.29. The Morgan fingerprint density at radius 1 is 1.32 bits per heavy atom. The minimum Gasteiger partial charge on any atom is -0.489 e. The molecular formula is C16H18N4O2. The summed E-state index contributed by atoms with van der Waals surface area (Å²) in [5, 5.41) is 7.79. The van der Waals surface area contributed by atoms with Crippen LogP contribution in [0, 0.1) is 6.92 Å². The number of rotatable bonds is 6. The van der Waals surface area contributed by atoms with Gasteiger partial charge in [0, 0.05) is 0 Å². The highest BCUT2D eigenvalue weighted by Crippen LogP contribution is 2.19. The molecule has 114 valence electrons. The van der Waals surface area contributed by atoms with Crippen LogP contribution in [0.25, 0.3) is 11.1 Å². The second-order valence-corrected chi connectivity index (χ2v) is 5.11. The average molecular weight is 298 g/mol. The number of nitrogens with zero attached hydrogens (tertiary/aromatic N) is 3. The maximum absolute atomic E-state index is 6.01. The SMILES string of the molecule is CCC(CNc1ncnc2oncc12)Oc1cccc(C)c1. The molecule has 2 aromatic heterocycles. The minimum atomic E-state index is 0.0478. The van der Waals surface area contributed by atoms with Crippen molar-refractivity contribution in [1.82, 2.24) is 15.1 Å². The van der Waals surface area contributed by atoms with Gasteiger partial charge in [-0.2, -0.15) is 4.98 Å². The maximum Gasteiger partial charge on any atom is 0.262 e. The first-order chi connectivity index (χ1) is 10.8. The second-order valence-electron chi connectivity index (χ2n) is 5.11. The summed E-state index contributed by atoms with van der Waals surface area (Å²) < 4.78 is 11.0. The Morgan fingerprint density at radius 3 is 3.05 bits per heavy atom. The van der Waals surface area contributed by atoms with E-state index in [-0.39, 0.29) is 6.10 Å². The fourth-order valence-electron chi connectivity index (χ4n) is 2.20. The predicted molar refractivity (Wildman–Crippen MR) is 84.0 cm³/mol. The molecule has 0 saturated heterocycles. The fourth-order valence-corrected chi connectivity index (χ4v) is 2.20. The van der Waals surface area contributed by atoms with Gasteiger partial charge in [0.25, 0.3) is 5.71 Å². The molecule has 0 aliphatic heterocycles. The molecule has 0 spiro atoms. The zero-order valence-electron chi connectivity index (χ0n) is 12.6. The first kappa shape index (κ1) is 14.3. The van der Waals surface area contributed by atoms with E-state index in [4.69, 9.17) is 9.26 Å². The van der Waals surface area contributed by atoms with E-state index in [0.717, 1.165) is 17.6 Å². The van der Waals surface area contributed by atoms with Gasteiger partial charge in [-0.15, -0.1) is 0 Å². The summed E-state index contributed by atoms with van der Waals surface area (Å²) in [6, 6.07) is 8.05. The Labute approximate surface area is 128 Å². The summed E-state index contributed by atoms with van der Waals surface area (Å²) in [5.74, 6) is 1.59. The van der Waals surface area contributed by atoms with E-state index in [0.29, 0.717) is 18.1 Å². The number of fused-ring (bicyclic) bond motifs is 1. The van der Waals surface area contributed by atoms with Gasteiger partial charge in [-0.25, -0.2) is 4.98 Å². The molecule has 0 fully saturated rings. The lowest BCUT2D eigenvalue weighted by molar-refractivity contribution is 0.210. The number of hydrogen-bond acceptors (Lipinski definition) is 6. The Hall–Kier alpha value is -2.63. The quantitative estimate of drug-likeness (QED) is 0.753. The van der Waals surface area contributed by atoms with E-state index in [1.807, 2.05) is 18.2 Å². The molecule has 22 heavy (non-hydrogen) atoms. The van der Waals surface area contributed by atoms with E-state index in [2.05, 4.69) is 40.4 Å². The van der Waals surface area contributed by atoms with Gasteiger partial charge in [-0.1, -0.05) is 24.2 Å². The number of aromatic nitrogens is 3. The molecule has 1 atom stereocenters. The van der Waals surface area contributed by atoms with Crippen LogP contribution in [0.4, 0.5) is 5.82 Å². The highest BCUT2D eigenvalue weighted by atomic mass is 16.5. The molecule has 0 radical (unpaired) electrons. The van der Waals surface area contributed by atoms with Crippen molar-refractivity contribution in [2.75, 3.05) is 11.9 Å². The third kappa shape index (κ3) is 3.16. The summed E-state index contributed by atoms with van der Waals surface area (Å²) in [7, 11) is 0. The standard InChI is InChI=1S/C16H18N4O2/c1-3-12(21-13-6-4-5-11(2)7-13)8-17-15-14-9-20-22-16(14)19-10-18-15/h4-7,9-10,12H,3,8H2,1-2H3,(H,17,18,19). The zero-order valence-corrected chi connectivity index (χ0v) is 12.6. The topological polar surface area (TPSA) is 73.1 Å². The number of nitrogens with one attached hydrogen (secondary N) is 1. The second kappa shape index (κ2) is 6.43. The molecule has 0 aliphatic rings. The van der Waals surface area contributed by atoms with Crippen molar-refractivity contribution in [3.05, 3.63) is 42.4 Å². The van der Waals surface area contributed by atoms with E-state index in [1.54, 1.807) is 6.20 Å². The van der Waals surface area contributed by atoms with Crippen LogP contribution in [-0.4, -0.2) is 27.8 Å². The monoisotopic (exact) mass is 298 g/mol. The summed E-state index contributed by atoms with van der Waals surface area (Å²) >= 11 is 0. The highest BCUT2D eigenvalue weighted by molar-refractivity contribution is 5.84. The van der Waals surface area contributed by atoms with Gasteiger partial charge in [0.15, 0.2) is 0 Å². The number of hydrogen-bond donors (Lipinski definition) is 1. The Balaban J connectivity index is 1.67. The van der Waals surface area contributed by atoms with Crippen molar-refractivity contribution in [1.29, 1.82) is 0 Å². The van der Waals surface area contributed by atoms with Crippen molar-refractivity contribution in [3.8, 4) is 5.75 Å². The van der Waals surface area contributed by atoms with Crippen LogP contribution in [-0.2, 0) is 0 Å². The lowest BCUT2D eigenvalue weighted by Gasteiger charge is -2.18. The van der Waals surface area contributed by atoms with Gasteiger partial charge >= 0.3 is 0 Å². The number of anilines is 1. The van der Waals surface area contributed by atoms with Crippen LogP contribution in [0.5, 0.6) is 5.75 Å². The average Bonchev–Trinajstić information content (AvgIpc) is 3.00. The molecule has 0 aliphatic carbocycles. The van der Waals surface area contributed by atoms with Gasteiger partial charge in [-0.05, 0) is 31.0 Å². The maximum atomic E-state index is 6.01. The van der Waals surface area contributed by atoms with Crippen LogP contribution in [0.15, 0.2) is 41.3 Å². The Bertz CT molecular complexity index is 756. The van der Waals surface area contributed by atoms with Gasteiger partial charge in [0.1, 0.15) is 29.4 Å². The van der Waals surface area contributed by atoms with Crippen molar-refractivity contribution in [2.24, 2.45) is 0 Å². The van der Waals surface area contributed by atoms with Gasteiger partial charge in [-0.3, -0.25) is 0 Å². The number of ether oxygens (including phenoxy) is 1. The van der Waals surface area contributed by atoms with E-state index in [9.17, 15) is 0 Å². The molecule has 1 aromatic carbocycles. The lowest BCUT2D eigenvalue weighted by atomic mass is 10.2. The van der Waals surface area contributed by atoms with Crippen LogP contribution in [0.3, 0.4) is 0 Å². The number of benzene rings is 1. The molecule has 3 rings (SSSR count). The predicted octanol–water partition coefficient (Wildman–Crippen LogP) is 3.20. The van der Waals surface area contributed by atoms with Crippen molar-refractivity contribution >= 4 is 16.9 Å². The van der Waals surface area contributed by atoms with Crippen LogP contribution < -0.4 is 10.1 Å². The van der Waals surface area contributed by atoms with Crippen LogP contribution in [0.2, 0.25) is 0 Å². The first-order valence-electron chi connectivity index (χ1n) is 7.29. The Morgan fingerprint density at radius 2 is 2.23 bits per heavy atom. The lowest BCUT2D eigenvalue weighted by Crippen LogP contribution is -2.25. The highest BCUT2D eigenvalue weighted by Gasteiger charge is 2.11. The molecular weight excluding hydrogens is 280 g/mol. The summed E-state index contributed by atoms with van der Waals surface area (Å²) in [6.07, 6.45) is 4.00. The molecule has 1 N–H and O–H groups in total. The van der Waals surface area contributed by atoms with Crippen molar-refractivity contribution < 1.29 is 9.26 Å². The summed E-state index contributed by atoms with van der Waals surface area (Å²) in [5.41, 5.74) is 1.66. The zero-order chi connectivity index (χ0) is 15.4. The number of aryl methyl sites for hydroxylation is 1. The Kier molecular flexibility index (Phi) is 4.18. The molecule has 1 unspecified atom stereocenters. The summed E-state index contributed by atoms with van der Waals surface area (Å²) in [4.78, 5) is 8.24. The normalized spacial score (nSPS) is 12.3. The molecule has 6 nitrogen and oxygen atoms in total. The molecule has 0 amide bonds. The van der Waals surface area contributed by atoms with Gasteiger partial charge in [0.05, 0.1) is 12.7 Å². The van der Waals surface area contributed by atoms with E-state index >= 15 is 0 Å². The van der Waals surface area contributed by atoms with E-state index < -0.39 is 0 Å². The minimum absolute atomic E-state index is 0.0478. The van der Waals surface area contributed by atoms with E-state index in [1.165, 1.54) is 11.9 Å². The third-order valence-corrected chi connectivity index (χ3v) is 3.41. The van der Waals surface area contributed by atoms with Crippen molar-refractivity contribution in [3.63, 3.8) is 0 Å². The molecule has 0 saturated carbocycles. The largest absolute Gasteiger partial charge is 0.489 e. The smallest absolute Gasteiger partial charge is 0.262 e. The molecule has 2 heterocycles. The molecule has 6 heteroatoms. The molecule has 3 aromatic rings. The van der Waals surface area contributed by atoms with Crippen LogP contribution >= 0.6 is 0 Å². The van der Waals surface area contributed by atoms with Crippen LogP contribution in [0.1, 0.15) is 18.9 Å². The molecule has 0 bridgehead atoms. The third-order valence-electron chi connectivity index (χ3n) is 3.41. The van der Waals surface area contributed by atoms with Gasteiger partial charge < -0.3 is 14.6 Å².